The number of anilines is 1. The summed E-state index contributed by atoms with van der Waals surface area (Å²) in [4.78, 5) is 8.71. The SMILES string of the molecule is Nc1nc(CCO)cc2c1nc(Br)n2Cc1ccccc1. The number of hydrogen-bond acceptors (Lipinski definition) is 4. The monoisotopic (exact) mass is 346 g/mol. The van der Waals surface area contributed by atoms with Crippen molar-refractivity contribution in [1.82, 2.24) is 14.5 Å². The summed E-state index contributed by atoms with van der Waals surface area (Å²) in [6.45, 7) is 0.742. The summed E-state index contributed by atoms with van der Waals surface area (Å²) >= 11 is 3.48. The lowest BCUT2D eigenvalue weighted by molar-refractivity contribution is 0.298. The Morgan fingerprint density at radius 2 is 1.95 bits per heavy atom. The van der Waals surface area contributed by atoms with Crippen molar-refractivity contribution >= 4 is 32.8 Å². The van der Waals surface area contributed by atoms with Crippen LogP contribution < -0.4 is 5.73 Å². The summed E-state index contributed by atoms with van der Waals surface area (Å²) < 4.78 is 2.76. The van der Waals surface area contributed by atoms with Crippen LogP contribution >= 0.6 is 15.9 Å². The van der Waals surface area contributed by atoms with Gasteiger partial charge in [-0.25, -0.2) is 9.97 Å². The molecule has 0 aliphatic carbocycles. The molecule has 2 aromatic heterocycles. The standard InChI is InChI=1S/C15H15BrN4O/c16-15-19-13-12(8-11(6-7-21)18-14(13)17)20(15)9-10-4-2-1-3-5-10/h1-5,8,21H,6-7,9H2,(H2,17,18). The second-order valence-corrected chi connectivity index (χ2v) is 5.50. The minimum absolute atomic E-state index is 0.0476. The molecule has 0 atom stereocenters. The fourth-order valence-electron chi connectivity index (χ4n) is 2.33. The number of aliphatic hydroxyl groups excluding tert-OH is 1. The van der Waals surface area contributed by atoms with Gasteiger partial charge in [0.2, 0.25) is 0 Å². The smallest absolute Gasteiger partial charge is 0.178 e. The fraction of sp³-hybridized carbons (Fsp3) is 0.200. The van der Waals surface area contributed by atoms with Crippen molar-refractivity contribution in [3.63, 3.8) is 0 Å². The third-order valence-corrected chi connectivity index (χ3v) is 3.93. The molecule has 0 saturated heterocycles. The normalized spacial score (nSPS) is 11.1. The Labute approximate surface area is 130 Å². The van der Waals surface area contributed by atoms with Gasteiger partial charge in [0, 0.05) is 18.7 Å². The number of aliphatic hydroxyl groups is 1. The van der Waals surface area contributed by atoms with Crippen LogP contribution in [0.4, 0.5) is 5.82 Å². The molecule has 0 bridgehead atoms. The maximum absolute atomic E-state index is 9.08. The molecule has 0 aliphatic rings. The number of hydrogen-bond donors (Lipinski definition) is 2. The average molecular weight is 347 g/mol. The molecule has 6 heteroatoms. The highest BCUT2D eigenvalue weighted by Crippen LogP contribution is 2.25. The average Bonchev–Trinajstić information content (AvgIpc) is 2.78. The van der Waals surface area contributed by atoms with E-state index in [0.29, 0.717) is 24.3 Å². The second kappa shape index (κ2) is 5.83. The van der Waals surface area contributed by atoms with Crippen LogP contribution in [0.2, 0.25) is 0 Å². The number of aromatic nitrogens is 3. The first kappa shape index (κ1) is 14.0. The molecule has 1 aromatic carbocycles. The van der Waals surface area contributed by atoms with Gasteiger partial charge in [-0.05, 0) is 27.6 Å². The molecule has 3 N–H and O–H groups in total. The van der Waals surface area contributed by atoms with Gasteiger partial charge in [-0.2, -0.15) is 0 Å². The third-order valence-electron chi connectivity index (χ3n) is 3.32. The molecule has 108 valence electrons. The summed E-state index contributed by atoms with van der Waals surface area (Å²) in [6, 6.07) is 12.1. The largest absolute Gasteiger partial charge is 0.396 e. The van der Waals surface area contributed by atoms with E-state index in [2.05, 4.69) is 38.0 Å². The van der Waals surface area contributed by atoms with E-state index in [4.69, 9.17) is 10.8 Å². The lowest BCUT2D eigenvalue weighted by atomic mass is 10.2. The molecule has 5 nitrogen and oxygen atoms in total. The van der Waals surface area contributed by atoms with Gasteiger partial charge in [0.25, 0.3) is 0 Å². The zero-order valence-electron chi connectivity index (χ0n) is 11.3. The molecule has 0 aliphatic heterocycles. The van der Waals surface area contributed by atoms with E-state index in [1.54, 1.807) is 0 Å². The molecule has 0 spiro atoms. The Morgan fingerprint density at radius 1 is 1.19 bits per heavy atom. The molecular formula is C15H15BrN4O. The number of pyridine rings is 1. The number of nitrogen functional groups attached to an aromatic ring is 1. The van der Waals surface area contributed by atoms with E-state index in [0.717, 1.165) is 15.9 Å². The number of fused-ring (bicyclic) bond motifs is 1. The van der Waals surface area contributed by atoms with Crippen LogP contribution in [0.5, 0.6) is 0 Å². The van der Waals surface area contributed by atoms with E-state index in [9.17, 15) is 0 Å². The summed E-state index contributed by atoms with van der Waals surface area (Å²) in [6.07, 6.45) is 0.480. The molecular weight excluding hydrogens is 332 g/mol. The van der Waals surface area contributed by atoms with Crippen molar-refractivity contribution in [3.05, 3.63) is 52.4 Å². The summed E-state index contributed by atoms with van der Waals surface area (Å²) in [7, 11) is 0. The van der Waals surface area contributed by atoms with Gasteiger partial charge >= 0.3 is 0 Å². The number of imidazole rings is 1. The lowest BCUT2D eigenvalue weighted by Crippen LogP contribution is -2.03. The second-order valence-electron chi connectivity index (χ2n) is 4.79. The first-order valence-corrected chi connectivity index (χ1v) is 7.44. The number of halogens is 1. The quantitative estimate of drug-likeness (QED) is 0.760. The number of benzene rings is 1. The highest BCUT2D eigenvalue weighted by atomic mass is 79.9. The highest BCUT2D eigenvalue weighted by molar-refractivity contribution is 9.10. The molecule has 0 radical (unpaired) electrons. The van der Waals surface area contributed by atoms with Crippen LogP contribution in [0, 0.1) is 0 Å². The molecule has 0 saturated carbocycles. The van der Waals surface area contributed by atoms with Gasteiger partial charge in [0.05, 0.1) is 12.1 Å². The number of nitrogens with two attached hydrogens (primary N) is 1. The maximum Gasteiger partial charge on any atom is 0.178 e. The van der Waals surface area contributed by atoms with Crippen LogP contribution in [0.1, 0.15) is 11.3 Å². The third kappa shape index (κ3) is 2.77. The predicted octanol–water partition coefficient (Wildman–Crippen LogP) is 2.36. The van der Waals surface area contributed by atoms with Gasteiger partial charge in [0.1, 0.15) is 5.52 Å². The number of rotatable bonds is 4. The number of nitrogens with zero attached hydrogens (tertiary/aromatic N) is 3. The summed E-state index contributed by atoms with van der Waals surface area (Å²) in [5.74, 6) is 0.392. The van der Waals surface area contributed by atoms with E-state index in [1.165, 1.54) is 5.56 Å². The lowest BCUT2D eigenvalue weighted by Gasteiger charge is -2.07. The van der Waals surface area contributed by atoms with Gasteiger partial charge in [-0.1, -0.05) is 30.3 Å². The van der Waals surface area contributed by atoms with Crippen molar-refractivity contribution in [1.29, 1.82) is 0 Å². The minimum Gasteiger partial charge on any atom is -0.396 e. The van der Waals surface area contributed by atoms with Crippen molar-refractivity contribution in [2.75, 3.05) is 12.3 Å². The maximum atomic E-state index is 9.08. The summed E-state index contributed by atoms with van der Waals surface area (Å²) in [5, 5.41) is 9.08. The van der Waals surface area contributed by atoms with Crippen molar-refractivity contribution < 1.29 is 5.11 Å². The molecule has 2 heterocycles. The Hall–Kier alpha value is -1.92. The van der Waals surface area contributed by atoms with Gasteiger partial charge < -0.3 is 15.4 Å². The Bertz CT molecular complexity index is 770. The highest BCUT2D eigenvalue weighted by Gasteiger charge is 2.13. The van der Waals surface area contributed by atoms with E-state index < -0.39 is 0 Å². The van der Waals surface area contributed by atoms with Crippen LogP contribution in [0.25, 0.3) is 11.0 Å². The van der Waals surface area contributed by atoms with Crippen LogP contribution in [0.15, 0.2) is 41.1 Å². The fourth-order valence-corrected chi connectivity index (χ4v) is 2.82. The van der Waals surface area contributed by atoms with Crippen molar-refractivity contribution in [2.45, 2.75) is 13.0 Å². The van der Waals surface area contributed by atoms with E-state index >= 15 is 0 Å². The minimum atomic E-state index is 0.0476. The zero-order chi connectivity index (χ0) is 14.8. The van der Waals surface area contributed by atoms with E-state index in [-0.39, 0.29) is 6.61 Å². The predicted molar refractivity (Wildman–Crippen MR) is 86.0 cm³/mol. The molecule has 21 heavy (non-hydrogen) atoms. The Balaban J connectivity index is 2.10. The molecule has 3 rings (SSSR count). The molecule has 0 unspecified atom stereocenters. The first-order chi connectivity index (χ1) is 10.2. The Kier molecular flexibility index (Phi) is 3.90. The molecule has 3 aromatic rings. The van der Waals surface area contributed by atoms with Crippen LogP contribution in [0.3, 0.4) is 0 Å². The molecule has 0 amide bonds. The van der Waals surface area contributed by atoms with Gasteiger partial charge in [-0.3, -0.25) is 0 Å². The van der Waals surface area contributed by atoms with E-state index in [1.807, 2.05) is 28.8 Å². The van der Waals surface area contributed by atoms with Gasteiger partial charge in [-0.15, -0.1) is 0 Å². The van der Waals surface area contributed by atoms with Crippen molar-refractivity contribution in [3.8, 4) is 0 Å². The topological polar surface area (TPSA) is 77.0 Å². The van der Waals surface area contributed by atoms with Crippen LogP contribution in [-0.4, -0.2) is 26.2 Å². The zero-order valence-corrected chi connectivity index (χ0v) is 12.9. The van der Waals surface area contributed by atoms with Crippen molar-refractivity contribution in [2.24, 2.45) is 0 Å². The molecule has 0 fully saturated rings. The van der Waals surface area contributed by atoms with Gasteiger partial charge in [0.15, 0.2) is 10.6 Å². The summed E-state index contributed by atoms with van der Waals surface area (Å²) in [5.41, 5.74) is 9.52. The van der Waals surface area contributed by atoms with Crippen LogP contribution in [-0.2, 0) is 13.0 Å². The first-order valence-electron chi connectivity index (χ1n) is 6.65. The Morgan fingerprint density at radius 3 is 2.67 bits per heavy atom.